The van der Waals surface area contributed by atoms with Crippen molar-refractivity contribution >= 4 is 21.9 Å². The quantitative estimate of drug-likeness (QED) is 0.631. The highest BCUT2D eigenvalue weighted by atomic mass is 32.2. The number of amides is 1. The van der Waals surface area contributed by atoms with Crippen LogP contribution in [0, 0.1) is 0 Å². The Morgan fingerprint density at radius 2 is 1.88 bits per heavy atom. The van der Waals surface area contributed by atoms with Gasteiger partial charge in [-0.3, -0.25) is 9.59 Å². The molecule has 0 aliphatic rings. The van der Waals surface area contributed by atoms with Gasteiger partial charge in [-0.15, -0.1) is 0 Å². The molecule has 1 unspecified atom stereocenters. The fourth-order valence-corrected chi connectivity index (χ4v) is 2.51. The van der Waals surface area contributed by atoms with E-state index in [1.807, 2.05) is 0 Å². The Kier molecular flexibility index (Phi) is 6.11. The van der Waals surface area contributed by atoms with Crippen LogP contribution < -0.4 is 5.32 Å². The topological polar surface area (TPSA) is 104 Å². The molecule has 0 aromatic heterocycles. The van der Waals surface area contributed by atoms with E-state index in [4.69, 9.17) is 5.11 Å². The Bertz CT molecular complexity index is 379. The smallest absolute Gasteiger partial charge is 0.323 e. The molecule has 0 fully saturated rings. The first kappa shape index (κ1) is 15.9. The monoisotopic (exact) mass is 266 g/mol. The highest BCUT2D eigenvalue weighted by Gasteiger charge is 2.33. The van der Waals surface area contributed by atoms with Crippen LogP contribution in [0.5, 0.6) is 0 Å². The molecule has 0 aliphatic heterocycles. The number of hydrogen-bond acceptors (Lipinski definition) is 4. The first-order valence-corrected chi connectivity index (χ1v) is 6.76. The molecule has 2 N–H and O–H groups in total. The van der Waals surface area contributed by atoms with Crippen LogP contribution in [0.15, 0.2) is 0 Å². The van der Waals surface area contributed by atoms with Crippen LogP contribution in [0.2, 0.25) is 0 Å². The molecule has 8 heteroatoms. The van der Waals surface area contributed by atoms with Gasteiger partial charge in [0.25, 0.3) is 0 Å². The Balaban J connectivity index is 4.88. The Labute approximate surface area is 101 Å². The number of carboxylic acids is 1. The number of carbonyl (C=O) groups is 2. The van der Waals surface area contributed by atoms with Gasteiger partial charge in [0.15, 0.2) is 5.25 Å². The molecule has 0 aromatic rings. The second kappa shape index (κ2) is 6.55. The van der Waals surface area contributed by atoms with Crippen LogP contribution in [-0.4, -0.2) is 54.6 Å². The summed E-state index contributed by atoms with van der Waals surface area (Å²) in [6.07, 6.45) is 0. The van der Waals surface area contributed by atoms with Gasteiger partial charge in [0.05, 0.1) is 6.54 Å². The lowest BCUT2D eigenvalue weighted by molar-refractivity contribution is -0.136. The van der Waals surface area contributed by atoms with Crippen LogP contribution in [0.3, 0.4) is 0 Å². The van der Waals surface area contributed by atoms with Crippen molar-refractivity contribution in [3.05, 3.63) is 0 Å². The third-order valence-electron chi connectivity index (χ3n) is 2.20. The van der Waals surface area contributed by atoms with Crippen LogP contribution >= 0.6 is 0 Å². The largest absolute Gasteiger partial charge is 0.480 e. The lowest BCUT2D eigenvalue weighted by atomic mass is 10.5. The number of rotatable bonds is 7. The minimum atomic E-state index is -3.99. The average molecular weight is 266 g/mol. The Hall–Kier alpha value is -1.15. The maximum absolute atomic E-state index is 11.8. The van der Waals surface area contributed by atoms with Crippen LogP contribution in [0.4, 0.5) is 0 Å². The van der Waals surface area contributed by atoms with Gasteiger partial charge in [-0.05, 0) is 13.8 Å². The molecule has 100 valence electrons. The SMILES string of the molecule is CCNC(=O)CN(CC)S(=O)(=O)C(C)C(=O)O. The van der Waals surface area contributed by atoms with Gasteiger partial charge in [0.2, 0.25) is 15.9 Å². The molecule has 1 amide bonds. The number of hydrogen-bond donors (Lipinski definition) is 2. The molecule has 0 aliphatic carbocycles. The standard InChI is InChI=1S/C9H18N2O5S/c1-4-10-8(12)6-11(5-2)17(15,16)7(3)9(13)14/h7H,4-6H2,1-3H3,(H,10,12)(H,13,14). The number of nitrogens with one attached hydrogen (secondary N) is 1. The highest BCUT2D eigenvalue weighted by molar-refractivity contribution is 7.90. The van der Waals surface area contributed by atoms with E-state index < -0.39 is 27.1 Å². The zero-order chi connectivity index (χ0) is 13.6. The van der Waals surface area contributed by atoms with E-state index in [0.29, 0.717) is 6.54 Å². The molecule has 0 radical (unpaired) electrons. The third-order valence-corrected chi connectivity index (χ3v) is 4.40. The van der Waals surface area contributed by atoms with Crippen LogP contribution in [0.1, 0.15) is 20.8 Å². The zero-order valence-corrected chi connectivity index (χ0v) is 11.0. The van der Waals surface area contributed by atoms with Crippen LogP contribution in [-0.2, 0) is 19.6 Å². The first-order chi connectivity index (χ1) is 7.77. The number of aliphatic carboxylic acids is 1. The average Bonchev–Trinajstić information content (AvgIpc) is 2.24. The molecule has 0 rings (SSSR count). The van der Waals surface area contributed by atoms with Gasteiger partial charge in [-0.1, -0.05) is 6.92 Å². The summed E-state index contributed by atoms with van der Waals surface area (Å²) in [4.78, 5) is 22.0. The van der Waals surface area contributed by atoms with E-state index in [1.54, 1.807) is 13.8 Å². The summed E-state index contributed by atoms with van der Waals surface area (Å²) < 4.78 is 24.5. The Morgan fingerprint density at radius 1 is 1.35 bits per heavy atom. The number of carboxylic acid groups (broad SMARTS) is 1. The molecule has 0 saturated carbocycles. The second-order valence-corrected chi connectivity index (χ2v) is 5.66. The number of nitrogens with zero attached hydrogens (tertiary/aromatic N) is 1. The van der Waals surface area contributed by atoms with E-state index in [2.05, 4.69) is 5.32 Å². The molecule has 1 atom stereocenters. The van der Waals surface area contributed by atoms with Gasteiger partial charge >= 0.3 is 5.97 Å². The molecular weight excluding hydrogens is 248 g/mol. The molecule has 0 spiro atoms. The molecule has 0 aromatic carbocycles. The van der Waals surface area contributed by atoms with Crippen molar-refractivity contribution < 1.29 is 23.1 Å². The van der Waals surface area contributed by atoms with E-state index >= 15 is 0 Å². The first-order valence-electron chi connectivity index (χ1n) is 5.25. The van der Waals surface area contributed by atoms with Gasteiger partial charge in [0.1, 0.15) is 0 Å². The molecule has 17 heavy (non-hydrogen) atoms. The number of likely N-dealkylation sites (N-methyl/N-ethyl adjacent to an activating group) is 2. The lowest BCUT2D eigenvalue weighted by Gasteiger charge is -2.21. The summed E-state index contributed by atoms with van der Waals surface area (Å²) in [7, 11) is -3.99. The fourth-order valence-electron chi connectivity index (χ4n) is 1.15. The highest BCUT2D eigenvalue weighted by Crippen LogP contribution is 2.08. The predicted molar refractivity (Wildman–Crippen MR) is 61.9 cm³/mol. The minimum absolute atomic E-state index is 0.0527. The molecule has 0 heterocycles. The van der Waals surface area contributed by atoms with Gasteiger partial charge in [-0.2, -0.15) is 4.31 Å². The molecule has 0 bridgehead atoms. The third kappa shape index (κ3) is 4.31. The molecular formula is C9H18N2O5S. The van der Waals surface area contributed by atoms with Crippen molar-refractivity contribution in [2.75, 3.05) is 19.6 Å². The minimum Gasteiger partial charge on any atom is -0.480 e. The summed E-state index contributed by atoms with van der Waals surface area (Å²) in [5.74, 6) is -1.88. The van der Waals surface area contributed by atoms with Crippen molar-refractivity contribution in [2.24, 2.45) is 0 Å². The van der Waals surface area contributed by atoms with Crippen molar-refractivity contribution in [1.82, 2.24) is 9.62 Å². The summed E-state index contributed by atoms with van der Waals surface area (Å²) in [6.45, 7) is 4.43. The van der Waals surface area contributed by atoms with Crippen LogP contribution in [0.25, 0.3) is 0 Å². The number of sulfonamides is 1. The van der Waals surface area contributed by atoms with Gasteiger partial charge in [-0.25, -0.2) is 8.42 Å². The zero-order valence-electron chi connectivity index (χ0n) is 10.1. The van der Waals surface area contributed by atoms with E-state index in [9.17, 15) is 18.0 Å². The summed E-state index contributed by atoms with van der Waals surface area (Å²) >= 11 is 0. The Morgan fingerprint density at radius 3 is 2.24 bits per heavy atom. The number of carbonyl (C=O) groups excluding carboxylic acids is 1. The van der Waals surface area contributed by atoms with Crippen molar-refractivity contribution in [3.8, 4) is 0 Å². The van der Waals surface area contributed by atoms with E-state index in [1.165, 1.54) is 0 Å². The van der Waals surface area contributed by atoms with Crippen molar-refractivity contribution in [3.63, 3.8) is 0 Å². The molecule has 0 saturated heterocycles. The fraction of sp³-hybridized carbons (Fsp3) is 0.778. The maximum atomic E-state index is 11.8. The summed E-state index contributed by atoms with van der Waals surface area (Å²) in [6, 6.07) is 0. The second-order valence-electron chi connectivity index (χ2n) is 3.41. The van der Waals surface area contributed by atoms with Crippen molar-refractivity contribution in [2.45, 2.75) is 26.0 Å². The molecule has 7 nitrogen and oxygen atoms in total. The van der Waals surface area contributed by atoms with E-state index in [0.717, 1.165) is 11.2 Å². The van der Waals surface area contributed by atoms with Gasteiger partial charge in [0, 0.05) is 13.1 Å². The summed E-state index contributed by atoms with van der Waals surface area (Å²) in [5, 5.41) is 9.59. The maximum Gasteiger partial charge on any atom is 0.323 e. The normalized spacial score (nSPS) is 13.4. The summed E-state index contributed by atoms with van der Waals surface area (Å²) in [5.41, 5.74) is 0. The predicted octanol–water partition coefficient (Wildman–Crippen LogP) is -0.753. The van der Waals surface area contributed by atoms with E-state index in [-0.39, 0.29) is 13.1 Å². The van der Waals surface area contributed by atoms with Crippen molar-refractivity contribution in [1.29, 1.82) is 0 Å². The lowest BCUT2D eigenvalue weighted by Crippen LogP contribution is -2.45. The van der Waals surface area contributed by atoms with Gasteiger partial charge < -0.3 is 10.4 Å².